The highest BCUT2D eigenvalue weighted by Crippen LogP contribution is 2.33. The molecule has 0 aliphatic carbocycles. The fourth-order valence-electron chi connectivity index (χ4n) is 3.70. The van der Waals surface area contributed by atoms with Crippen molar-refractivity contribution in [1.82, 2.24) is 4.90 Å². The van der Waals surface area contributed by atoms with Gasteiger partial charge in [0.2, 0.25) is 0 Å². The molecule has 0 saturated carbocycles. The number of carbonyl (C=O) groups is 1. The Bertz CT molecular complexity index is 1170. The number of likely N-dealkylation sites (tertiary alicyclic amines) is 1. The van der Waals surface area contributed by atoms with Crippen LogP contribution in [0.25, 0.3) is 0 Å². The number of guanidine groups is 1. The molecule has 0 atom stereocenters. The third kappa shape index (κ3) is 7.16. The van der Waals surface area contributed by atoms with Gasteiger partial charge in [-0.2, -0.15) is 8.42 Å². The lowest BCUT2D eigenvalue weighted by molar-refractivity contribution is 0.0523. The standard InChI is InChI=1S/C23H28ClN3O6S.ClH/c1-3-31-22(28)21-15(2)12-17(32-14-16-8-10-27(11-9-16)23(25)26)13-19(21)33-34(29,30)20-7-5-4-6-18(20)24;/h4-7,12-13,16H,3,8-11,14H2,1-2H3,(H3,25,26);1H. The normalized spacial score (nSPS) is 14.1. The van der Waals surface area contributed by atoms with Crippen molar-refractivity contribution in [3.63, 3.8) is 0 Å². The first-order chi connectivity index (χ1) is 16.1. The number of nitrogens with one attached hydrogen (secondary N) is 1. The number of ether oxygens (including phenoxy) is 2. The number of hydrogen-bond donors (Lipinski definition) is 2. The van der Waals surface area contributed by atoms with Crippen LogP contribution in [0.1, 0.15) is 35.7 Å². The fourth-order valence-corrected chi connectivity index (χ4v) is 5.13. The molecular weight excluding hydrogens is 517 g/mol. The van der Waals surface area contributed by atoms with Gasteiger partial charge in [-0.15, -0.1) is 12.4 Å². The Labute approximate surface area is 216 Å². The van der Waals surface area contributed by atoms with Gasteiger partial charge in [-0.05, 0) is 56.4 Å². The Kier molecular flexibility index (Phi) is 10.1. The average Bonchev–Trinajstić information content (AvgIpc) is 2.77. The maximum atomic E-state index is 12.9. The molecule has 0 unspecified atom stereocenters. The maximum absolute atomic E-state index is 12.9. The minimum absolute atomic E-state index is 0. The molecule has 0 aromatic heterocycles. The number of nitrogens with two attached hydrogens (primary N) is 1. The van der Waals surface area contributed by atoms with E-state index in [9.17, 15) is 13.2 Å². The number of piperidine rings is 1. The van der Waals surface area contributed by atoms with Crippen LogP contribution in [0, 0.1) is 18.3 Å². The van der Waals surface area contributed by atoms with Crippen LogP contribution < -0.4 is 14.7 Å². The number of halogens is 2. The van der Waals surface area contributed by atoms with Crippen molar-refractivity contribution in [3.8, 4) is 11.5 Å². The minimum atomic E-state index is -4.33. The van der Waals surface area contributed by atoms with E-state index in [-0.39, 0.29) is 52.1 Å². The van der Waals surface area contributed by atoms with Crippen molar-refractivity contribution in [1.29, 1.82) is 5.41 Å². The highest BCUT2D eigenvalue weighted by Gasteiger charge is 2.27. The Morgan fingerprint density at radius 3 is 2.49 bits per heavy atom. The first-order valence-electron chi connectivity index (χ1n) is 10.8. The van der Waals surface area contributed by atoms with Gasteiger partial charge in [0.1, 0.15) is 16.2 Å². The Hall–Kier alpha value is -2.69. The lowest BCUT2D eigenvalue weighted by atomic mass is 9.98. The van der Waals surface area contributed by atoms with E-state index < -0.39 is 16.1 Å². The van der Waals surface area contributed by atoms with Crippen molar-refractivity contribution in [2.24, 2.45) is 11.7 Å². The number of nitrogens with zero attached hydrogens (tertiary/aromatic N) is 1. The molecule has 2 aromatic rings. The first kappa shape index (κ1) is 28.5. The van der Waals surface area contributed by atoms with Gasteiger partial charge >= 0.3 is 16.1 Å². The number of esters is 1. The summed E-state index contributed by atoms with van der Waals surface area (Å²) in [6, 6.07) is 8.90. The lowest BCUT2D eigenvalue weighted by Gasteiger charge is -2.32. The monoisotopic (exact) mass is 545 g/mol. The van der Waals surface area contributed by atoms with E-state index in [1.165, 1.54) is 24.3 Å². The Morgan fingerprint density at radius 2 is 1.89 bits per heavy atom. The van der Waals surface area contributed by atoms with Crippen LogP contribution in [0.15, 0.2) is 41.3 Å². The molecule has 0 amide bonds. The van der Waals surface area contributed by atoms with Gasteiger partial charge in [0.05, 0.1) is 18.2 Å². The van der Waals surface area contributed by atoms with Gasteiger partial charge in [-0.1, -0.05) is 23.7 Å². The molecule has 9 nitrogen and oxygen atoms in total. The van der Waals surface area contributed by atoms with Gasteiger partial charge in [0, 0.05) is 19.2 Å². The van der Waals surface area contributed by atoms with E-state index >= 15 is 0 Å². The smallest absolute Gasteiger partial charge is 0.342 e. The SMILES string of the molecule is CCOC(=O)c1c(C)cc(OCC2CCN(C(=N)N)CC2)cc1OS(=O)(=O)c1ccccc1Cl.Cl. The number of rotatable bonds is 8. The van der Waals surface area contributed by atoms with Gasteiger partial charge in [-0.3, -0.25) is 5.41 Å². The van der Waals surface area contributed by atoms with Crippen LogP contribution in [-0.4, -0.2) is 51.5 Å². The number of benzene rings is 2. The molecule has 1 saturated heterocycles. The van der Waals surface area contributed by atoms with Crippen LogP contribution in [-0.2, 0) is 14.9 Å². The molecule has 3 rings (SSSR count). The molecule has 35 heavy (non-hydrogen) atoms. The van der Waals surface area contributed by atoms with Crippen LogP contribution >= 0.6 is 24.0 Å². The molecule has 1 aliphatic rings. The largest absolute Gasteiger partial charge is 0.493 e. The zero-order valence-corrected chi connectivity index (χ0v) is 21.8. The molecular formula is C23H29Cl2N3O6S. The van der Waals surface area contributed by atoms with Gasteiger partial charge in [0.25, 0.3) is 0 Å². The van der Waals surface area contributed by atoms with Crippen molar-refractivity contribution < 1.29 is 26.9 Å². The summed E-state index contributed by atoms with van der Waals surface area (Å²) in [5.74, 6) is -0.223. The minimum Gasteiger partial charge on any atom is -0.493 e. The van der Waals surface area contributed by atoms with Crippen LogP contribution in [0.5, 0.6) is 11.5 Å². The molecule has 0 radical (unpaired) electrons. The molecule has 3 N–H and O–H groups in total. The summed E-state index contributed by atoms with van der Waals surface area (Å²) in [5.41, 5.74) is 5.99. The summed E-state index contributed by atoms with van der Waals surface area (Å²) >= 11 is 6.06. The summed E-state index contributed by atoms with van der Waals surface area (Å²) in [6.45, 7) is 5.17. The van der Waals surface area contributed by atoms with Crippen molar-refractivity contribution in [2.45, 2.75) is 31.6 Å². The van der Waals surface area contributed by atoms with E-state index in [0.29, 0.717) is 31.0 Å². The summed E-state index contributed by atoms with van der Waals surface area (Å²) in [7, 11) is -4.33. The lowest BCUT2D eigenvalue weighted by Crippen LogP contribution is -2.43. The highest BCUT2D eigenvalue weighted by molar-refractivity contribution is 7.87. The molecule has 192 valence electrons. The van der Waals surface area contributed by atoms with Crippen LogP contribution in [0.2, 0.25) is 5.02 Å². The molecule has 0 spiro atoms. The summed E-state index contributed by atoms with van der Waals surface area (Å²) < 4.78 is 42.3. The third-order valence-electron chi connectivity index (χ3n) is 5.50. The summed E-state index contributed by atoms with van der Waals surface area (Å²) in [4.78, 5) is 14.2. The van der Waals surface area contributed by atoms with Crippen molar-refractivity contribution >= 4 is 46.1 Å². The molecule has 1 heterocycles. The molecule has 2 aromatic carbocycles. The number of hydrogen-bond acceptors (Lipinski definition) is 7. The maximum Gasteiger partial charge on any atom is 0.342 e. The molecule has 1 aliphatic heterocycles. The Morgan fingerprint density at radius 1 is 1.23 bits per heavy atom. The van der Waals surface area contributed by atoms with Gasteiger partial charge in [0.15, 0.2) is 11.7 Å². The van der Waals surface area contributed by atoms with E-state index in [4.69, 9.17) is 36.4 Å². The molecule has 0 bridgehead atoms. The number of aryl methyl sites for hydroxylation is 1. The number of carbonyl (C=O) groups excluding carboxylic acids is 1. The molecule has 12 heteroatoms. The summed E-state index contributed by atoms with van der Waals surface area (Å²) in [6.07, 6.45) is 1.62. The second-order valence-electron chi connectivity index (χ2n) is 7.93. The second kappa shape index (κ2) is 12.3. The van der Waals surface area contributed by atoms with Crippen LogP contribution in [0.3, 0.4) is 0 Å². The zero-order chi connectivity index (χ0) is 24.9. The van der Waals surface area contributed by atoms with Gasteiger partial charge in [-0.25, -0.2) is 4.79 Å². The Balaban J connectivity index is 0.00000432. The van der Waals surface area contributed by atoms with E-state index in [1.807, 2.05) is 0 Å². The topological polar surface area (TPSA) is 132 Å². The van der Waals surface area contributed by atoms with E-state index in [2.05, 4.69) is 0 Å². The average molecular weight is 546 g/mol. The summed E-state index contributed by atoms with van der Waals surface area (Å²) in [5, 5.41) is 7.53. The predicted molar refractivity (Wildman–Crippen MR) is 135 cm³/mol. The van der Waals surface area contributed by atoms with Crippen molar-refractivity contribution in [3.05, 3.63) is 52.5 Å². The zero-order valence-electron chi connectivity index (χ0n) is 19.5. The van der Waals surface area contributed by atoms with Crippen LogP contribution in [0.4, 0.5) is 0 Å². The van der Waals surface area contributed by atoms with Crippen molar-refractivity contribution in [2.75, 3.05) is 26.3 Å². The van der Waals surface area contributed by atoms with E-state index in [0.717, 1.165) is 12.8 Å². The molecule has 1 fully saturated rings. The quantitative estimate of drug-likeness (QED) is 0.220. The van der Waals surface area contributed by atoms with E-state index in [1.54, 1.807) is 30.9 Å². The first-order valence-corrected chi connectivity index (χ1v) is 12.6. The second-order valence-corrected chi connectivity index (χ2v) is 9.85. The highest BCUT2D eigenvalue weighted by atomic mass is 35.5. The van der Waals surface area contributed by atoms with Gasteiger partial charge < -0.3 is 24.3 Å². The predicted octanol–water partition coefficient (Wildman–Crippen LogP) is 4.00. The third-order valence-corrected chi connectivity index (χ3v) is 7.23. The fraction of sp³-hybridized carbons (Fsp3) is 0.391.